The smallest absolute Gasteiger partial charge is 0.224 e. The largest absolute Gasteiger partial charge is 0.369 e. The maximum atomic E-state index is 13.9. The number of nitrogens with two attached hydrogens (primary N) is 1. The van der Waals surface area contributed by atoms with Crippen LogP contribution in [0.25, 0.3) is 11.1 Å². The highest BCUT2D eigenvalue weighted by atomic mass is 35.5. The topological polar surface area (TPSA) is 43.1 Å². The lowest BCUT2D eigenvalue weighted by molar-refractivity contribution is -0.119. The molecule has 2 aromatic rings. The van der Waals surface area contributed by atoms with Crippen LogP contribution in [0, 0.1) is 5.82 Å². The van der Waals surface area contributed by atoms with E-state index < -0.39 is 11.8 Å². The summed E-state index contributed by atoms with van der Waals surface area (Å²) in [6.07, 6.45) is 0. The van der Waals surface area contributed by atoms with Gasteiger partial charge in [0.05, 0.1) is 5.92 Å². The van der Waals surface area contributed by atoms with E-state index >= 15 is 0 Å². The quantitative estimate of drug-likeness (QED) is 0.912. The van der Waals surface area contributed by atoms with Gasteiger partial charge in [-0.3, -0.25) is 4.79 Å². The average molecular weight is 278 g/mol. The maximum Gasteiger partial charge on any atom is 0.224 e. The first-order chi connectivity index (χ1) is 9.00. The third kappa shape index (κ3) is 2.76. The number of benzene rings is 2. The van der Waals surface area contributed by atoms with Gasteiger partial charge in [0.25, 0.3) is 0 Å². The third-order valence-electron chi connectivity index (χ3n) is 3.07. The van der Waals surface area contributed by atoms with Crippen LogP contribution in [0.3, 0.4) is 0 Å². The second-order valence-electron chi connectivity index (χ2n) is 4.34. The first-order valence-corrected chi connectivity index (χ1v) is 6.22. The molecule has 4 heteroatoms. The summed E-state index contributed by atoms with van der Waals surface area (Å²) in [7, 11) is 0. The lowest BCUT2D eigenvalue weighted by Crippen LogP contribution is -2.19. The molecule has 0 spiro atoms. The summed E-state index contributed by atoms with van der Waals surface area (Å²) < 4.78 is 13.9. The zero-order valence-electron chi connectivity index (χ0n) is 10.4. The lowest BCUT2D eigenvalue weighted by Gasteiger charge is -2.15. The maximum absolute atomic E-state index is 13.9. The van der Waals surface area contributed by atoms with Crippen LogP contribution in [0.5, 0.6) is 0 Å². The van der Waals surface area contributed by atoms with Crippen LogP contribution in [-0.2, 0) is 4.79 Å². The Labute approximate surface area is 116 Å². The standard InChI is InChI=1S/C15H13ClFNO/c1-9(15(18)19)11-7-6-10(16)8-13(11)12-4-2-3-5-14(12)17/h2-9H,1H3,(H2,18,19). The Morgan fingerprint density at radius 3 is 2.53 bits per heavy atom. The van der Waals surface area contributed by atoms with E-state index in [2.05, 4.69) is 0 Å². The van der Waals surface area contributed by atoms with E-state index in [1.807, 2.05) is 0 Å². The number of carbonyl (C=O) groups is 1. The molecule has 2 aromatic carbocycles. The van der Waals surface area contributed by atoms with Crippen molar-refractivity contribution in [3.8, 4) is 11.1 Å². The first-order valence-electron chi connectivity index (χ1n) is 5.84. The van der Waals surface area contributed by atoms with Gasteiger partial charge in [0.15, 0.2) is 0 Å². The van der Waals surface area contributed by atoms with Gasteiger partial charge >= 0.3 is 0 Å². The minimum absolute atomic E-state index is 0.359. The fourth-order valence-corrected chi connectivity index (χ4v) is 2.14. The first kappa shape index (κ1) is 13.6. The zero-order chi connectivity index (χ0) is 14.0. The summed E-state index contributed by atoms with van der Waals surface area (Å²) in [4.78, 5) is 11.3. The number of carbonyl (C=O) groups excluding carboxylic acids is 1. The van der Waals surface area contributed by atoms with Crippen LogP contribution in [0.2, 0.25) is 5.02 Å². The molecule has 1 unspecified atom stereocenters. The van der Waals surface area contributed by atoms with Crippen LogP contribution < -0.4 is 5.73 Å². The predicted molar refractivity (Wildman–Crippen MR) is 74.5 cm³/mol. The summed E-state index contributed by atoms with van der Waals surface area (Å²) in [6, 6.07) is 11.4. The summed E-state index contributed by atoms with van der Waals surface area (Å²) in [6.45, 7) is 1.69. The van der Waals surface area contributed by atoms with Crippen molar-refractivity contribution in [1.29, 1.82) is 0 Å². The Morgan fingerprint density at radius 1 is 1.21 bits per heavy atom. The second kappa shape index (κ2) is 5.41. The Bertz CT molecular complexity index is 627. The number of amides is 1. The molecule has 0 bridgehead atoms. The SMILES string of the molecule is CC(C(N)=O)c1ccc(Cl)cc1-c1ccccc1F. The van der Waals surface area contributed by atoms with E-state index in [-0.39, 0.29) is 5.82 Å². The van der Waals surface area contributed by atoms with Crippen LogP contribution in [-0.4, -0.2) is 5.91 Å². The minimum atomic E-state index is -0.508. The average Bonchev–Trinajstić information content (AvgIpc) is 2.38. The number of hydrogen-bond donors (Lipinski definition) is 1. The van der Waals surface area contributed by atoms with Crippen molar-refractivity contribution in [2.45, 2.75) is 12.8 Å². The van der Waals surface area contributed by atoms with Crippen molar-refractivity contribution >= 4 is 17.5 Å². The van der Waals surface area contributed by atoms with Crippen LogP contribution in [0.4, 0.5) is 4.39 Å². The normalized spacial score (nSPS) is 12.2. The van der Waals surface area contributed by atoms with Crippen LogP contribution in [0.1, 0.15) is 18.4 Å². The Morgan fingerprint density at radius 2 is 1.89 bits per heavy atom. The molecular formula is C15H13ClFNO. The molecule has 98 valence electrons. The van der Waals surface area contributed by atoms with Gasteiger partial charge in [-0.05, 0) is 36.2 Å². The summed E-state index contributed by atoms with van der Waals surface area (Å²) >= 11 is 5.96. The molecule has 0 heterocycles. The van der Waals surface area contributed by atoms with Gasteiger partial charge in [0.2, 0.25) is 5.91 Å². The molecule has 0 aliphatic rings. The van der Waals surface area contributed by atoms with E-state index in [1.54, 1.807) is 43.3 Å². The van der Waals surface area contributed by atoms with Gasteiger partial charge in [-0.15, -0.1) is 0 Å². The molecule has 2 nitrogen and oxygen atoms in total. The number of primary amides is 1. The highest BCUT2D eigenvalue weighted by Crippen LogP contribution is 2.33. The second-order valence-corrected chi connectivity index (χ2v) is 4.77. The van der Waals surface area contributed by atoms with Crippen LogP contribution in [0.15, 0.2) is 42.5 Å². The Kier molecular flexibility index (Phi) is 3.86. The van der Waals surface area contributed by atoms with Crippen molar-refractivity contribution in [1.82, 2.24) is 0 Å². The van der Waals surface area contributed by atoms with Crippen molar-refractivity contribution in [3.05, 3.63) is 58.9 Å². The van der Waals surface area contributed by atoms with Crippen molar-refractivity contribution in [3.63, 3.8) is 0 Å². The van der Waals surface area contributed by atoms with Gasteiger partial charge in [0.1, 0.15) is 5.82 Å². The predicted octanol–water partition coefficient (Wildman–Crippen LogP) is 3.73. The monoisotopic (exact) mass is 277 g/mol. The highest BCUT2D eigenvalue weighted by Gasteiger charge is 2.18. The summed E-state index contributed by atoms with van der Waals surface area (Å²) in [5.41, 5.74) is 7.00. The molecule has 1 amide bonds. The molecule has 2 rings (SSSR count). The zero-order valence-corrected chi connectivity index (χ0v) is 11.1. The number of halogens is 2. The lowest BCUT2D eigenvalue weighted by atomic mass is 9.91. The minimum Gasteiger partial charge on any atom is -0.369 e. The number of rotatable bonds is 3. The van der Waals surface area contributed by atoms with E-state index in [9.17, 15) is 9.18 Å². The molecule has 0 aliphatic heterocycles. The van der Waals surface area contributed by atoms with Gasteiger partial charge in [-0.1, -0.05) is 35.9 Å². The molecule has 0 aliphatic carbocycles. The molecule has 0 saturated heterocycles. The van der Waals surface area contributed by atoms with Gasteiger partial charge < -0.3 is 5.73 Å². The molecule has 0 aromatic heterocycles. The third-order valence-corrected chi connectivity index (χ3v) is 3.31. The molecule has 0 saturated carbocycles. The molecule has 0 radical (unpaired) electrons. The highest BCUT2D eigenvalue weighted by molar-refractivity contribution is 6.30. The van der Waals surface area contributed by atoms with E-state index in [0.29, 0.717) is 21.7 Å². The molecule has 2 N–H and O–H groups in total. The van der Waals surface area contributed by atoms with Crippen molar-refractivity contribution in [2.24, 2.45) is 5.73 Å². The fraction of sp³-hybridized carbons (Fsp3) is 0.133. The fourth-order valence-electron chi connectivity index (χ4n) is 1.97. The van der Waals surface area contributed by atoms with Crippen molar-refractivity contribution in [2.75, 3.05) is 0 Å². The summed E-state index contributed by atoms with van der Waals surface area (Å²) in [5.74, 6) is -1.32. The molecule has 19 heavy (non-hydrogen) atoms. The Hall–Kier alpha value is -1.87. The molecular weight excluding hydrogens is 265 g/mol. The van der Waals surface area contributed by atoms with E-state index in [0.717, 1.165) is 0 Å². The summed E-state index contributed by atoms with van der Waals surface area (Å²) in [5, 5.41) is 0.485. The Balaban J connectivity index is 2.65. The molecule has 0 fully saturated rings. The number of hydrogen-bond acceptors (Lipinski definition) is 1. The van der Waals surface area contributed by atoms with E-state index in [4.69, 9.17) is 17.3 Å². The molecule has 1 atom stereocenters. The van der Waals surface area contributed by atoms with Gasteiger partial charge in [0, 0.05) is 10.6 Å². The van der Waals surface area contributed by atoms with E-state index in [1.165, 1.54) is 6.07 Å². The van der Waals surface area contributed by atoms with Gasteiger partial charge in [-0.2, -0.15) is 0 Å². The van der Waals surface area contributed by atoms with Crippen LogP contribution >= 0.6 is 11.6 Å². The van der Waals surface area contributed by atoms with Gasteiger partial charge in [-0.25, -0.2) is 4.39 Å². The van der Waals surface area contributed by atoms with Crippen molar-refractivity contribution < 1.29 is 9.18 Å².